The SMILES string of the molecule is CCCCCCOC(=O)NCC=Cc1nc(CCC=CC(=O)O[C@@H]2CC3C[C@H](OC)CC4CCC[C@@H](C[C@H](CCCCC)OC(=O)C[C@H](C2)O3)O4)co1. The number of carbonyl (C=O) groups is 3. The van der Waals surface area contributed by atoms with Gasteiger partial charge in [0.25, 0.3) is 0 Å². The molecule has 0 spiro atoms. The van der Waals surface area contributed by atoms with Crippen molar-refractivity contribution in [2.45, 2.75) is 179 Å². The Bertz CT molecular complexity index is 1280. The largest absolute Gasteiger partial charge is 0.462 e. The summed E-state index contributed by atoms with van der Waals surface area (Å²) in [4.78, 5) is 42.4. The highest BCUT2D eigenvalue weighted by atomic mass is 16.6. The number of nitrogens with one attached hydrogen (secondary N) is 1. The zero-order valence-electron chi connectivity index (χ0n) is 32.3. The predicted molar refractivity (Wildman–Crippen MR) is 200 cm³/mol. The van der Waals surface area contributed by atoms with Gasteiger partial charge in [-0.15, -0.1) is 0 Å². The molecule has 4 rings (SSSR count). The molecular formula is C41H64N2O10. The van der Waals surface area contributed by atoms with E-state index in [0.29, 0.717) is 51.1 Å². The van der Waals surface area contributed by atoms with Crippen LogP contribution in [-0.2, 0) is 44.4 Å². The minimum Gasteiger partial charge on any atom is -0.462 e. The highest BCUT2D eigenvalue weighted by molar-refractivity contribution is 5.82. The normalized spacial score (nSPS) is 26.9. The van der Waals surface area contributed by atoms with Crippen LogP contribution in [0.25, 0.3) is 6.08 Å². The van der Waals surface area contributed by atoms with E-state index in [9.17, 15) is 14.4 Å². The summed E-state index contributed by atoms with van der Waals surface area (Å²) in [7, 11) is 1.73. The lowest BCUT2D eigenvalue weighted by Crippen LogP contribution is -2.42. The van der Waals surface area contributed by atoms with Crippen LogP contribution in [0.2, 0.25) is 0 Å². The number of hydrogen-bond donors (Lipinski definition) is 1. The Balaban J connectivity index is 1.24. The van der Waals surface area contributed by atoms with Gasteiger partial charge in [0.15, 0.2) is 0 Å². The Kier molecular flexibility index (Phi) is 19.4. The molecule has 2 unspecified atom stereocenters. The molecule has 7 atom stereocenters. The standard InChI is InChI=1S/C41H64N2O10/c1-4-6-8-12-22-48-41(46)42-21-14-19-38-43-30(29-49-38)15-10-11-20-39(44)53-36-26-35-25-34(47-3)24-32-18-13-17-31(50-32)23-33(16-9-7-5-2)52-40(45)28-37(27-36)51-35/h11,14,19-20,29,31-37H,4-10,12-13,15-18,21-28H2,1-3H3,(H,42,46)/t31-,32?,33-,34+,35?,36+,37-/m0/s1. The number of unbranched alkanes of at least 4 members (excludes halogenated alkanes) is 5. The quantitative estimate of drug-likeness (QED) is 0.0676. The maximum absolute atomic E-state index is 13.2. The van der Waals surface area contributed by atoms with Crippen LogP contribution in [0.5, 0.6) is 0 Å². The Morgan fingerprint density at radius 3 is 2.45 bits per heavy atom. The molecule has 4 heterocycles. The maximum Gasteiger partial charge on any atom is 0.407 e. The number of oxazole rings is 1. The highest BCUT2D eigenvalue weighted by Crippen LogP contribution is 2.32. The van der Waals surface area contributed by atoms with Crippen LogP contribution in [-0.4, -0.2) is 86.0 Å². The lowest BCUT2D eigenvalue weighted by molar-refractivity contribution is -0.171. The number of aromatic nitrogens is 1. The van der Waals surface area contributed by atoms with Gasteiger partial charge in [-0.3, -0.25) is 4.79 Å². The number of cyclic esters (lactones) is 1. The molecule has 1 aromatic heterocycles. The summed E-state index contributed by atoms with van der Waals surface area (Å²) in [5.41, 5.74) is 0.748. The third-order valence-corrected chi connectivity index (χ3v) is 10.1. The topological polar surface area (TPSA) is 145 Å². The van der Waals surface area contributed by atoms with Gasteiger partial charge in [-0.25, -0.2) is 14.6 Å². The zero-order chi connectivity index (χ0) is 37.7. The molecule has 3 fully saturated rings. The monoisotopic (exact) mass is 744 g/mol. The van der Waals surface area contributed by atoms with E-state index in [2.05, 4.69) is 24.1 Å². The third-order valence-electron chi connectivity index (χ3n) is 10.1. The van der Waals surface area contributed by atoms with Crippen LogP contribution in [0, 0.1) is 0 Å². The van der Waals surface area contributed by atoms with Crippen molar-refractivity contribution in [2.75, 3.05) is 20.3 Å². The third kappa shape index (κ3) is 16.8. The molecule has 1 amide bonds. The average molecular weight is 745 g/mol. The first-order valence-corrected chi connectivity index (χ1v) is 20.2. The first kappa shape index (κ1) is 42.5. The molecule has 3 saturated heterocycles. The molecule has 1 N–H and O–H groups in total. The van der Waals surface area contributed by atoms with E-state index in [1.54, 1.807) is 31.6 Å². The number of rotatable bonds is 18. The van der Waals surface area contributed by atoms with Crippen molar-refractivity contribution in [2.24, 2.45) is 0 Å². The van der Waals surface area contributed by atoms with E-state index in [-0.39, 0.29) is 42.9 Å². The van der Waals surface area contributed by atoms with Gasteiger partial charge < -0.3 is 38.2 Å². The van der Waals surface area contributed by atoms with Crippen LogP contribution in [0.4, 0.5) is 4.79 Å². The summed E-state index contributed by atoms with van der Waals surface area (Å²) in [6.07, 6.45) is 22.4. The van der Waals surface area contributed by atoms with Gasteiger partial charge in [0.1, 0.15) is 18.5 Å². The number of allylic oxidation sites excluding steroid dienone is 1. The number of amides is 1. The molecule has 0 aliphatic carbocycles. The van der Waals surface area contributed by atoms with E-state index >= 15 is 0 Å². The number of fused-ring (bicyclic) bond motifs is 4. The van der Waals surface area contributed by atoms with Crippen LogP contribution in [0.3, 0.4) is 0 Å². The molecule has 0 aromatic carbocycles. The van der Waals surface area contributed by atoms with Gasteiger partial charge in [-0.1, -0.05) is 58.1 Å². The van der Waals surface area contributed by atoms with Crippen molar-refractivity contribution in [1.82, 2.24) is 10.3 Å². The van der Waals surface area contributed by atoms with Crippen LogP contribution in [0.1, 0.15) is 141 Å². The van der Waals surface area contributed by atoms with Gasteiger partial charge in [0.2, 0.25) is 5.89 Å². The maximum atomic E-state index is 13.2. The van der Waals surface area contributed by atoms with Crippen molar-refractivity contribution in [3.8, 4) is 0 Å². The minimum atomic E-state index is -0.439. The van der Waals surface area contributed by atoms with E-state index in [1.807, 2.05) is 0 Å². The number of alkyl carbamates (subject to hydrolysis) is 1. The van der Waals surface area contributed by atoms with E-state index in [0.717, 1.165) is 89.2 Å². The van der Waals surface area contributed by atoms with E-state index in [4.69, 9.17) is 32.8 Å². The number of ether oxygens (including phenoxy) is 6. The van der Waals surface area contributed by atoms with Crippen LogP contribution >= 0.6 is 0 Å². The molecule has 3 aliphatic rings. The number of nitrogens with zero attached hydrogens (tertiary/aromatic N) is 1. The fraction of sp³-hybridized carbons (Fsp3) is 0.756. The Hall–Kier alpha value is -3.22. The minimum absolute atomic E-state index is 0.0631. The number of carbonyl (C=O) groups excluding carboxylic acids is 3. The molecule has 12 nitrogen and oxygen atoms in total. The van der Waals surface area contributed by atoms with Gasteiger partial charge >= 0.3 is 18.0 Å². The van der Waals surface area contributed by atoms with Gasteiger partial charge in [-0.2, -0.15) is 0 Å². The van der Waals surface area contributed by atoms with E-state index in [1.165, 1.54) is 6.08 Å². The molecule has 0 radical (unpaired) electrons. The van der Waals surface area contributed by atoms with Crippen molar-refractivity contribution < 1.29 is 47.2 Å². The molecule has 4 bridgehead atoms. The molecule has 1 aromatic rings. The Morgan fingerprint density at radius 1 is 0.906 bits per heavy atom. The summed E-state index contributed by atoms with van der Waals surface area (Å²) in [5.74, 6) is -0.268. The second kappa shape index (κ2) is 24.2. The number of esters is 2. The summed E-state index contributed by atoms with van der Waals surface area (Å²) in [5, 5.41) is 2.68. The van der Waals surface area contributed by atoms with Crippen LogP contribution < -0.4 is 5.32 Å². The van der Waals surface area contributed by atoms with Crippen molar-refractivity contribution >= 4 is 24.1 Å². The predicted octanol–water partition coefficient (Wildman–Crippen LogP) is 7.96. The molecule has 0 saturated carbocycles. The molecule has 298 valence electrons. The first-order valence-electron chi connectivity index (χ1n) is 20.2. The Morgan fingerprint density at radius 2 is 1.64 bits per heavy atom. The fourth-order valence-corrected chi connectivity index (χ4v) is 7.38. The number of hydrogen-bond acceptors (Lipinski definition) is 11. The fourth-order valence-electron chi connectivity index (χ4n) is 7.38. The molecule has 53 heavy (non-hydrogen) atoms. The summed E-state index contributed by atoms with van der Waals surface area (Å²) >= 11 is 0. The second-order valence-electron chi connectivity index (χ2n) is 14.7. The summed E-state index contributed by atoms with van der Waals surface area (Å²) in [6.45, 7) is 5.03. The molecule has 12 heteroatoms. The molecular weight excluding hydrogens is 680 g/mol. The number of methoxy groups -OCH3 is 1. The zero-order valence-corrected chi connectivity index (χ0v) is 32.3. The van der Waals surface area contributed by atoms with Crippen LogP contribution in [0.15, 0.2) is 28.9 Å². The smallest absolute Gasteiger partial charge is 0.407 e. The van der Waals surface area contributed by atoms with E-state index < -0.39 is 24.3 Å². The number of aryl methyl sites for hydroxylation is 1. The summed E-state index contributed by atoms with van der Waals surface area (Å²) < 4.78 is 41.5. The van der Waals surface area contributed by atoms with Gasteiger partial charge in [-0.05, 0) is 70.3 Å². The van der Waals surface area contributed by atoms with Crippen molar-refractivity contribution in [1.29, 1.82) is 0 Å². The first-order chi connectivity index (χ1) is 25.8. The van der Waals surface area contributed by atoms with Gasteiger partial charge in [0.05, 0.1) is 49.2 Å². The lowest BCUT2D eigenvalue weighted by Gasteiger charge is -2.38. The average Bonchev–Trinajstić information content (AvgIpc) is 3.59. The van der Waals surface area contributed by atoms with Crippen molar-refractivity contribution in [3.05, 3.63) is 36.1 Å². The van der Waals surface area contributed by atoms with Gasteiger partial charge in [0, 0.05) is 39.0 Å². The summed E-state index contributed by atoms with van der Waals surface area (Å²) in [6, 6.07) is 0. The second-order valence-corrected chi connectivity index (χ2v) is 14.7. The molecule has 3 aliphatic heterocycles. The lowest BCUT2D eigenvalue weighted by atomic mass is 9.91. The van der Waals surface area contributed by atoms with Crippen molar-refractivity contribution in [3.63, 3.8) is 0 Å². The highest BCUT2D eigenvalue weighted by Gasteiger charge is 2.37. The Labute approximate surface area is 316 Å².